The van der Waals surface area contributed by atoms with E-state index in [-0.39, 0.29) is 8.80 Å². The van der Waals surface area contributed by atoms with Crippen molar-refractivity contribution in [2.45, 2.75) is 32.9 Å². The van der Waals surface area contributed by atoms with Crippen LogP contribution in [0.4, 0.5) is 0 Å². The molecule has 0 N–H and O–H groups in total. The van der Waals surface area contributed by atoms with Gasteiger partial charge in [-0.2, -0.15) is 0 Å². The zero-order valence-corrected chi connectivity index (χ0v) is 9.22. The third-order valence-electron chi connectivity index (χ3n) is 2.31. The number of aryl methyl sites for hydroxylation is 1. The topological polar surface area (TPSA) is 0 Å². The molecule has 0 spiro atoms. The van der Waals surface area contributed by atoms with Crippen molar-refractivity contribution in [2.24, 2.45) is 0 Å². The fourth-order valence-electron chi connectivity index (χ4n) is 1.45. The molecule has 0 amide bonds. The molecule has 65 valence electrons. The lowest BCUT2D eigenvalue weighted by atomic mass is 10.2. The minimum atomic E-state index is -0.217. The van der Waals surface area contributed by atoms with Crippen LogP contribution < -0.4 is 5.19 Å². The van der Waals surface area contributed by atoms with Gasteiger partial charge in [0.2, 0.25) is 0 Å². The van der Waals surface area contributed by atoms with E-state index in [9.17, 15) is 0 Å². The van der Waals surface area contributed by atoms with Gasteiger partial charge in [-0.1, -0.05) is 61.0 Å². The van der Waals surface area contributed by atoms with Gasteiger partial charge >= 0.3 is 0 Å². The summed E-state index contributed by atoms with van der Waals surface area (Å²) in [5, 5.41) is 1.59. The first-order valence-corrected chi connectivity index (χ1v) is 6.61. The standard InChI is InChI=1S/C11H17Si/c1-4-12(5-2)11-8-6-10(3)7-9-11/h6-9H,4-5H2,1-3H3. The van der Waals surface area contributed by atoms with Crippen molar-refractivity contribution in [3.05, 3.63) is 29.8 Å². The van der Waals surface area contributed by atoms with E-state index in [1.54, 1.807) is 5.19 Å². The molecule has 0 fully saturated rings. The van der Waals surface area contributed by atoms with Crippen molar-refractivity contribution in [3.8, 4) is 0 Å². The van der Waals surface area contributed by atoms with Crippen LogP contribution in [0.3, 0.4) is 0 Å². The summed E-state index contributed by atoms with van der Waals surface area (Å²) in [6.07, 6.45) is 0. The maximum absolute atomic E-state index is 2.30. The summed E-state index contributed by atoms with van der Waals surface area (Å²) in [7, 11) is -0.217. The van der Waals surface area contributed by atoms with Crippen LogP contribution in [-0.2, 0) is 0 Å². The first kappa shape index (κ1) is 9.52. The summed E-state index contributed by atoms with van der Waals surface area (Å²) < 4.78 is 0. The summed E-state index contributed by atoms with van der Waals surface area (Å²) >= 11 is 0. The zero-order valence-electron chi connectivity index (χ0n) is 8.22. The van der Waals surface area contributed by atoms with Gasteiger partial charge in [0, 0.05) is 0 Å². The van der Waals surface area contributed by atoms with Crippen molar-refractivity contribution >= 4 is 14.0 Å². The van der Waals surface area contributed by atoms with E-state index in [4.69, 9.17) is 0 Å². The zero-order chi connectivity index (χ0) is 8.97. The summed E-state index contributed by atoms with van der Waals surface area (Å²) in [6.45, 7) is 6.75. The molecule has 0 heterocycles. The lowest BCUT2D eigenvalue weighted by Gasteiger charge is -2.10. The van der Waals surface area contributed by atoms with Crippen LogP contribution in [0.15, 0.2) is 24.3 Å². The molecule has 1 rings (SSSR count). The Morgan fingerprint density at radius 2 is 1.50 bits per heavy atom. The summed E-state index contributed by atoms with van der Waals surface area (Å²) in [4.78, 5) is 0. The molecule has 0 atom stereocenters. The number of rotatable bonds is 3. The van der Waals surface area contributed by atoms with Gasteiger partial charge in [0.05, 0.1) is 8.80 Å². The van der Waals surface area contributed by atoms with Gasteiger partial charge in [0.15, 0.2) is 0 Å². The molecule has 0 unspecified atom stereocenters. The normalized spacial score (nSPS) is 10.7. The molecule has 0 aromatic heterocycles. The van der Waals surface area contributed by atoms with Crippen molar-refractivity contribution in [3.63, 3.8) is 0 Å². The second-order valence-corrected chi connectivity index (χ2v) is 6.38. The smallest absolute Gasteiger partial charge is 0.0677 e. The van der Waals surface area contributed by atoms with Crippen molar-refractivity contribution in [1.82, 2.24) is 0 Å². The molecule has 0 bridgehead atoms. The van der Waals surface area contributed by atoms with Gasteiger partial charge in [0.1, 0.15) is 0 Å². The Morgan fingerprint density at radius 1 is 1.00 bits per heavy atom. The molecule has 0 aliphatic heterocycles. The first-order chi connectivity index (χ1) is 5.77. The maximum Gasteiger partial charge on any atom is 0.0850 e. The van der Waals surface area contributed by atoms with Crippen molar-refractivity contribution in [2.75, 3.05) is 0 Å². The van der Waals surface area contributed by atoms with E-state index >= 15 is 0 Å². The lowest BCUT2D eigenvalue weighted by Crippen LogP contribution is -2.27. The van der Waals surface area contributed by atoms with Crippen LogP contribution >= 0.6 is 0 Å². The highest BCUT2D eigenvalue weighted by molar-refractivity contribution is 6.73. The molecular weight excluding hydrogens is 160 g/mol. The molecule has 0 saturated carbocycles. The lowest BCUT2D eigenvalue weighted by molar-refractivity contribution is 1.33. The SMILES string of the molecule is CC[Si](CC)c1ccc(C)cc1. The maximum atomic E-state index is 2.30. The van der Waals surface area contributed by atoms with Crippen molar-refractivity contribution in [1.29, 1.82) is 0 Å². The fraction of sp³-hybridized carbons (Fsp3) is 0.455. The second-order valence-electron chi connectivity index (χ2n) is 3.18. The molecule has 0 saturated heterocycles. The second kappa shape index (κ2) is 4.46. The molecule has 0 aliphatic rings. The molecule has 1 radical (unpaired) electrons. The fourth-order valence-corrected chi connectivity index (χ4v) is 3.40. The van der Waals surface area contributed by atoms with Gasteiger partial charge in [-0.25, -0.2) is 0 Å². The largest absolute Gasteiger partial charge is 0.0850 e. The molecule has 1 aromatic rings. The van der Waals surface area contributed by atoms with E-state index in [1.807, 2.05) is 0 Å². The Morgan fingerprint density at radius 3 is 1.92 bits per heavy atom. The summed E-state index contributed by atoms with van der Waals surface area (Å²) in [5.74, 6) is 0. The van der Waals surface area contributed by atoms with Gasteiger partial charge in [0.25, 0.3) is 0 Å². The number of hydrogen-bond acceptors (Lipinski definition) is 0. The van der Waals surface area contributed by atoms with Gasteiger partial charge < -0.3 is 0 Å². The number of hydrogen-bond donors (Lipinski definition) is 0. The molecule has 1 aromatic carbocycles. The highest BCUT2D eigenvalue weighted by atomic mass is 28.3. The predicted octanol–water partition coefficient (Wildman–Crippen LogP) is 2.74. The molecule has 1 heteroatoms. The van der Waals surface area contributed by atoms with E-state index in [0.29, 0.717) is 0 Å². The van der Waals surface area contributed by atoms with Crippen LogP contribution in [0.5, 0.6) is 0 Å². The van der Waals surface area contributed by atoms with Gasteiger partial charge in [-0.05, 0) is 6.92 Å². The Hall–Kier alpha value is -0.563. The van der Waals surface area contributed by atoms with Gasteiger partial charge in [-0.15, -0.1) is 0 Å². The summed E-state index contributed by atoms with van der Waals surface area (Å²) in [6, 6.07) is 11.8. The minimum absolute atomic E-state index is 0.217. The average Bonchev–Trinajstić information content (AvgIpc) is 2.10. The first-order valence-electron chi connectivity index (χ1n) is 4.69. The van der Waals surface area contributed by atoms with E-state index in [2.05, 4.69) is 45.0 Å². The minimum Gasteiger partial charge on any atom is -0.0677 e. The quantitative estimate of drug-likeness (QED) is 0.623. The third-order valence-corrected chi connectivity index (χ3v) is 5.17. The molecular formula is C11H17Si. The Labute approximate surface area is 77.2 Å². The predicted molar refractivity (Wildman–Crippen MR) is 57.5 cm³/mol. The molecule has 0 nitrogen and oxygen atoms in total. The van der Waals surface area contributed by atoms with E-state index in [0.717, 1.165) is 0 Å². The average molecular weight is 177 g/mol. The van der Waals surface area contributed by atoms with Gasteiger partial charge in [-0.3, -0.25) is 0 Å². The Kier molecular flexibility index (Phi) is 3.54. The third kappa shape index (κ3) is 2.21. The Balaban J connectivity index is 2.80. The highest BCUT2D eigenvalue weighted by Crippen LogP contribution is 2.01. The van der Waals surface area contributed by atoms with Crippen LogP contribution in [0.25, 0.3) is 0 Å². The number of benzene rings is 1. The van der Waals surface area contributed by atoms with Crippen LogP contribution in [0.2, 0.25) is 12.1 Å². The monoisotopic (exact) mass is 177 g/mol. The Bertz CT molecular complexity index is 221. The van der Waals surface area contributed by atoms with Crippen LogP contribution in [0.1, 0.15) is 19.4 Å². The molecule has 12 heavy (non-hydrogen) atoms. The van der Waals surface area contributed by atoms with Crippen molar-refractivity contribution < 1.29 is 0 Å². The van der Waals surface area contributed by atoms with E-state index < -0.39 is 0 Å². The van der Waals surface area contributed by atoms with Crippen LogP contribution in [-0.4, -0.2) is 8.80 Å². The highest BCUT2D eigenvalue weighted by Gasteiger charge is 2.07. The molecule has 0 aliphatic carbocycles. The summed E-state index contributed by atoms with van der Waals surface area (Å²) in [5.41, 5.74) is 1.37. The van der Waals surface area contributed by atoms with E-state index in [1.165, 1.54) is 17.7 Å². The van der Waals surface area contributed by atoms with Crippen LogP contribution in [0, 0.1) is 6.92 Å².